The molecule has 158 valence electrons. The monoisotopic (exact) mass is 454 g/mol. The predicted molar refractivity (Wildman–Crippen MR) is 123 cm³/mol. The van der Waals surface area contributed by atoms with Gasteiger partial charge in [-0.2, -0.15) is 0 Å². The molecule has 2 aromatic carbocycles. The predicted octanol–water partition coefficient (Wildman–Crippen LogP) is 5.22. The Morgan fingerprint density at radius 2 is 1.94 bits per heavy atom. The molecular weight excluding hydrogens is 435 g/mol. The van der Waals surface area contributed by atoms with Gasteiger partial charge in [0.25, 0.3) is 5.91 Å². The molecule has 0 aliphatic carbocycles. The van der Waals surface area contributed by atoms with Crippen LogP contribution in [0.15, 0.2) is 36.7 Å². The Morgan fingerprint density at radius 3 is 2.74 bits per heavy atom. The standard InChI is InChI=1S/C22H20Cl2N6O/c1-12(20-28-17-5-4-13(23)8-19(17)29-20)27-21-15-9-16(24)14(10-18(15)25-11-26-21)22(31)30-6-2-3-7-30/h4-5,8-12H,2-3,6-7H2,1H3,(H,28,29)(H,25,26,27). The quantitative estimate of drug-likeness (QED) is 0.441. The van der Waals surface area contributed by atoms with Gasteiger partial charge in [0.2, 0.25) is 0 Å². The zero-order chi connectivity index (χ0) is 21.5. The van der Waals surface area contributed by atoms with E-state index in [2.05, 4.69) is 25.3 Å². The van der Waals surface area contributed by atoms with Crippen LogP contribution in [0.1, 0.15) is 42.0 Å². The van der Waals surface area contributed by atoms with E-state index >= 15 is 0 Å². The molecule has 3 heterocycles. The zero-order valence-electron chi connectivity index (χ0n) is 16.8. The van der Waals surface area contributed by atoms with Gasteiger partial charge in [0, 0.05) is 23.5 Å². The van der Waals surface area contributed by atoms with Crippen LogP contribution in [0.5, 0.6) is 0 Å². The highest BCUT2D eigenvalue weighted by Crippen LogP contribution is 2.30. The van der Waals surface area contributed by atoms with Crippen molar-refractivity contribution in [2.24, 2.45) is 0 Å². The lowest BCUT2D eigenvalue weighted by Crippen LogP contribution is -2.27. The molecule has 5 rings (SSSR count). The van der Waals surface area contributed by atoms with Gasteiger partial charge in [-0.3, -0.25) is 4.79 Å². The van der Waals surface area contributed by atoms with Crippen molar-refractivity contribution in [1.29, 1.82) is 0 Å². The van der Waals surface area contributed by atoms with Gasteiger partial charge >= 0.3 is 0 Å². The van der Waals surface area contributed by atoms with Crippen molar-refractivity contribution in [3.63, 3.8) is 0 Å². The Hall–Kier alpha value is -2.90. The van der Waals surface area contributed by atoms with Crippen molar-refractivity contribution in [2.75, 3.05) is 18.4 Å². The summed E-state index contributed by atoms with van der Waals surface area (Å²) >= 11 is 12.6. The fourth-order valence-corrected chi connectivity index (χ4v) is 4.33. The highest BCUT2D eigenvalue weighted by atomic mass is 35.5. The number of fused-ring (bicyclic) bond motifs is 2. The molecule has 1 atom stereocenters. The summed E-state index contributed by atoms with van der Waals surface area (Å²) in [5, 5.41) is 5.16. The van der Waals surface area contributed by atoms with Gasteiger partial charge in [0.15, 0.2) is 0 Å². The Bertz CT molecular complexity index is 1300. The number of aromatic amines is 1. The number of benzene rings is 2. The summed E-state index contributed by atoms with van der Waals surface area (Å²) in [6.07, 6.45) is 3.53. The second-order valence-corrected chi connectivity index (χ2v) is 8.56. The highest BCUT2D eigenvalue weighted by molar-refractivity contribution is 6.35. The molecule has 1 aliphatic rings. The fourth-order valence-electron chi connectivity index (χ4n) is 3.92. The zero-order valence-corrected chi connectivity index (χ0v) is 18.3. The van der Waals surface area contributed by atoms with E-state index in [1.54, 1.807) is 12.1 Å². The molecule has 1 fully saturated rings. The van der Waals surface area contributed by atoms with Gasteiger partial charge < -0.3 is 15.2 Å². The van der Waals surface area contributed by atoms with E-state index in [4.69, 9.17) is 23.2 Å². The summed E-state index contributed by atoms with van der Waals surface area (Å²) in [7, 11) is 0. The number of carbonyl (C=O) groups excluding carboxylic acids is 1. The first-order valence-corrected chi connectivity index (χ1v) is 10.9. The number of anilines is 1. The molecule has 0 saturated carbocycles. The number of imidazole rings is 1. The third-order valence-electron chi connectivity index (χ3n) is 5.57. The van der Waals surface area contributed by atoms with Gasteiger partial charge in [-0.25, -0.2) is 15.0 Å². The van der Waals surface area contributed by atoms with Crippen LogP contribution < -0.4 is 5.32 Å². The summed E-state index contributed by atoms with van der Waals surface area (Å²) < 4.78 is 0. The Labute approximate surface area is 188 Å². The normalized spacial score (nSPS) is 15.0. The molecule has 9 heteroatoms. The van der Waals surface area contributed by atoms with E-state index in [1.807, 2.05) is 30.0 Å². The number of nitrogens with one attached hydrogen (secondary N) is 2. The smallest absolute Gasteiger partial charge is 0.255 e. The lowest BCUT2D eigenvalue weighted by molar-refractivity contribution is 0.0793. The molecule has 0 spiro atoms. The summed E-state index contributed by atoms with van der Waals surface area (Å²) in [5.74, 6) is 1.33. The molecule has 2 aromatic heterocycles. The molecule has 7 nitrogen and oxygen atoms in total. The van der Waals surface area contributed by atoms with Crippen molar-refractivity contribution >= 4 is 56.9 Å². The number of hydrogen-bond acceptors (Lipinski definition) is 5. The summed E-state index contributed by atoms with van der Waals surface area (Å²) in [6, 6.07) is 8.90. The average Bonchev–Trinajstić information content (AvgIpc) is 3.43. The Morgan fingerprint density at radius 1 is 1.13 bits per heavy atom. The third kappa shape index (κ3) is 3.79. The van der Waals surface area contributed by atoms with Crippen molar-refractivity contribution in [3.05, 3.63) is 58.1 Å². The maximum absolute atomic E-state index is 12.8. The van der Waals surface area contributed by atoms with Crippen LogP contribution in [0.2, 0.25) is 10.0 Å². The molecule has 31 heavy (non-hydrogen) atoms. The van der Waals surface area contributed by atoms with E-state index < -0.39 is 0 Å². The minimum atomic E-state index is -0.158. The second-order valence-electron chi connectivity index (χ2n) is 7.72. The first-order valence-electron chi connectivity index (χ1n) is 10.1. The molecule has 4 aromatic rings. The first kappa shape index (κ1) is 20.0. The van der Waals surface area contributed by atoms with Crippen molar-refractivity contribution < 1.29 is 4.79 Å². The maximum atomic E-state index is 12.8. The second kappa shape index (κ2) is 7.98. The number of hydrogen-bond donors (Lipinski definition) is 2. The number of halogens is 2. The number of H-pyrrole nitrogens is 1. The van der Waals surface area contributed by atoms with Crippen molar-refractivity contribution in [3.8, 4) is 0 Å². The summed E-state index contributed by atoms with van der Waals surface area (Å²) in [4.78, 5) is 31.4. The molecule has 1 aliphatic heterocycles. The van der Waals surface area contributed by atoms with Crippen LogP contribution in [0.25, 0.3) is 21.9 Å². The van der Waals surface area contributed by atoms with E-state index in [-0.39, 0.29) is 11.9 Å². The van der Waals surface area contributed by atoms with Crippen LogP contribution in [0, 0.1) is 0 Å². The van der Waals surface area contributed by atoms with Crippen LogP contribution in [-0.4, -0.2) is 43.8 Å². The highest BCUT2D eigenvalue weighted by Gasteiger charge is 2.23. The van der Waals surface area contributed by atoms with Gasteiger partial charge in [-0.1, -0.05) is 23.2 Å². The van der Waals surface area contributed by atoms with Gasteiger partial charge in [-0.05, 0) is 50.1 Å². The van der Waals surface area contributed by atoms with Gasteiger partial charge in [0.1, 0.15) is 18.0 Å². The maximum Gasteiger partial charge on any atom is 0.255 e. The van der Waals surface area contributed by atoms with E-state index in [1.165, 1.54) is 6.33 Å². The average molecular weight is 455 g/mol. The third-order valence-corrected chi connectivity index (χ3v) is 6.12. The minimum Gasteiger partial charge on any atom is -0.360 e. The van der Waals surface area contributed by atoms with Crippen molar-refractivity contribution in [2.45, 2.75) is 25.8 Å². The van der Waals surface area contributed by atoms with Gasteiger partial charge in [0.05, 0.1) is 33.2 Å². The number of likely N-dealkylation sites (tertiary alicyclic amines) is 1. The minimum absolute atomic E-state index is 0.0492. The number of amides is 1. The largest absolute Gasteiger partial charge is 0.360 e. The van der Waals surface area contributed by atoms with Gasteiger partial charge in [-0.15, -0.1) is 0 Å². The molecule has 1 unspecified atom stereocenters. The lowest BCUT2D eigenvalue weighted by atomic mass is 10.1. The Balaban J connectivity index is 1.46. The molecule has 0 bridgehead atoms. The summed E-state index contributed by atoms with van der Waals surface area (Å²) in [6.45, 7) is 3.52. The molecule has 1 saturated heterocycles. The fraction of sp³-hybridized carbons (Fsp3) is 0.273. The molecule has 0 radical (unpaired) electrons. The Kier molecular flexibility index (Phi) is 5.16. The topological polar surface area (TPSA) is 86.8 Å². The number of carbonyl (C=O) groups is 1. The molecule has 2 N–H and O–H groups in total. The van der Waals surface area contributed by atoms with Crippen molar-refractivity contribution in [1.82, 2.24) is 24.8 Å². The van der Waals surface area contributed by atoms with E-state index in [0.717, 1.165) is 48.2 Å². The number of nitrogens with zero attached hydrogens (tertiary/aromatic N) is 4. The molecule has 1 amide bonds. The van der Waals surface area contributed by atoms with E-state index in [9.17, 15) is 4.79 Å². The van der Waals surface area contributed by atoms with Crippen LogP contribution in [0.4, 0.5) is 5.82 Å². The summed E-state index contributed by atoms with van der Waals surface area (Å²) in [5.41, 5.74) is 2.85. The lowest BCUT2D eigenvalue weighted by Gasteiger charge is -2.17. The number of rotatable bonds is 4. The van der Waals surface area contributed by atoms with Crippen LogP contribution in [0.3, 0.4) is 0 Å². The van der Waals surface area contributed by atoms with E-state index in [0.29, 0.717) is 26.9 Å². The molecular formula is C22H20Cl2N6O. The van der Waals surface area contributed by atoms with Crippen LogP contribution >= 0.6 is 23.2 Å². The SMILES string of the molecule is CC(Nc1ncnc2cc(C(=O)N3CCCC3)c(Cl)cc12)c1nc2cc(Cl)ccc2[nH]1. The van der Waals surface area contributed by atoms with Crippen LogP contribution in [-0.2, 0) is 0 Å². The number of aromatic nitrogens is 4. The first-order chi connectivity index (χ1) is 15.0.